The van der Waals surface area contributed by atoms with Crippen molar-refractivity contribution in [1.29, 1.82) is 0 Å². The van der Waals surface area contributed by atoms with Crippen LogP contribution < -0.4 is 5.73 Å². The number of carbonyl (C=O) groups is 1. The molecule has 0 fully saturated rings. The van der Waals surface area contributed by atoms with Crippen molar-refractivity contribution in [2.75, 3.05) is 0 Å². The van der Waals surface area contributed by atoms with Gasteiger partial charge in [0.15, 0.2) is 0 Å². The van der Waals surface area contributed by atoms with Gasteiger partial charge in [0.2, 0.25) is 0 Å². The highest BCUT2D eigenvalue weighted by Crippen LogP contribution is 2.33. The fraction of sp³-hybridized carbons (Fsp3) is 0.312. The molecular formula is C16H19NO2. The number of carboxylic acid groups (broad SMARTS) is 1. The Labute approximate surface area is 113 Å². The Morgan fingerprint density at radius 3 is 2.37 bits per heavy atom. The minimum absolute atomic E-state index is 0.532. The van der Waals surface area contributed by atoms with Gasteiger partial charge >= 0.3 is 5.97 Å². The first-order valence-electron chi connectivity index (χ1n) is 6.31. The maximum atomic E-state index is 11.3. The number of benzene rings is 2. The molecule has 0 radical (unpaired) electrons. The highest BCUT2D eigenvalue weighted by molar-refractivity contribution is 5.84. The molecule has 100 valence electrons. The number of hydrogen-bond donors (Lipinski definition) is 2. The minimum Gasteiger partial charge on any atom is -0.481 e. The zero-order chi connectivity index (χ0) is 14.2. The molecule has 0 saturated heterocycles. The predicted octanol–water partition coefficient (Wildman–Crippen LogP) is 3.26. The Hall–Kier alpha value is -1.87. The summed E-state index contributed by atoms with van der Waals surface area (Å²) in [5.74, 6) is -0.885. The van der Waals surface area contributed by atoms with Crippen molar-refractivity contribution < 1.29 is 9.90 Å². The van der Waals surface area contributed by atoms with Gasteiger partial charge in [-0.3, -0.25) is 4.79 Å². The van der Waals surface area contributed by atoms with E-state index in [1.54, 1.807) is 13.8 Å². The lowest BCUT2D eigenvalue weighted by atomic mass is 9.80. The van der Waals surface area contributed by atoms with Gasteiger partial charge in [-0.25, -0.2) is 0 Å². The molecular weight excluding hydrogens is 238 g/mol. The van der Waals surface area contributed by atoms with E-state index in [0.717, 1.165) is 16.3 Å². The lowest BCUT2D eigenvalue weighted by Crippen LogP contribution is -2.36. The Kier molecular flexibility index (Phi) is 3.33. The Morgan fingerprint density at radius 2 is 1.74 bits per heavy atom. The van der Waals surface area contributed by atoms with Gasteiger partial charge in [0, 0.05) is 6.04 Å². The van der Waals surface area contributed by atoms with Crippen LogP contribution in [0.1, 0.15) is 31.0 Å². The second kappa shape index (κ2) is 4.67. The first-order valence-corrected chi connectivity index (χ1v) is 6.31. The minimum atomic E-state index is -0.988. The molecule has 0 aromatic heterocycles. The van der Waals surface area contributed by atoms with Crippen molar-refractivity contribution >= 4 is 16.7 Å². The molecule has 0 bridgehead atoms. The van der Waals surface area contributed by atoms with Crippen LogP contribution in [0.25, 0.3) is 10.8 Å². The number of nitrogens with two attached hydrogens (primary N) is 1. The summed E-state index contributed by atoms with van der Waals surface area (Å²) in [5.41, 5.74) is 7.18. The molecule has 0 aliphatic heterocycles. The van der Waals surface area contributed by atoms with Crippen LogP contribution in [0.4, 0.5) is 0 Å². The van der Waals surface area contributed by atoms with Crippen LogP contribution in [0.2, 0.25) is 0 Å². The third kappa shape index (κ3) is 2.47. The summed E-state index contributed by atoms with van der Waals surface area (Å²) in [6.07, 6.45) is 0. The lowest BCUT2D eigenvalue weighted by Gasteiger charge is -2.27. The topological polar surface area (TPSA) is 63.3 Å². The molecule has 3 nitrogen and oxygen atoms in total. The molecule has 3 heteroatoms. The summed E-state index contributed by atoms with van der Waals surface area (Å²) in [7, 11) is 0. The molecule has 0 spiro atoms. The molecule has 0 amide bonds. The fourth-order valence-corrected chi connectivity index (χ4v) is 2.13. The van der Waals surface area contributed by atoms with E-state index in [4.69, 9.17) is 5.73 Å². The first-order chi connectivity index (χ1) is 8.82. The molecule has 19 heavy (non-hydrogen) atoms. The summed E-state index contributed by atoms with van der Waals surface area (Å²) >= 11 is 0. The summed E-state index contributed by atoms with van der Waals surface area (Å²) in [4.78, 5) is 11.3. The van der Waals surface area contributed by atoms with Crippen molar-refractivity contribution in [3.63, 3.8) is 0 Å². The number of aryl methyl sites for hydroxylation is 1. The van der Waals surface area contributed by atoms with Crippen LogP contribution in [0.5, 0.6) is 0 Å². The maximum absolute atomic E-state index is 11.3. The average molecular weight is 257 g/mol. The van der Waals surface area contributed by atoms with Crippen LogP contribution >= 0.6 is 0 Å². The quantitative estimate of drug-likeness (QED) is 0.887. The third-order valence-corrected chi connectivity index (χ3v) is 3.71. The van der Waals surface area contributed by atoms with E-state index in [1.165, 1.54) is 5.56 Å². The predicted molar refractivity (Wildman–Crippen MR) is 77.0 cm³/mol. The standard InChI is InChI=1S/C16H19NO2/c1-10-4-5-12-9-13(7-6-11(12)8-10)14(17)16(2,3)15(18)19/h4-9,14H,17H2,1-3H3,(H,18,19). The molecule has 3 N–H and O–H groups in total. The van der Waals surface area contributed by atoms with E-state index in [0.29, 0.717) is 0 Å². The van der Waals surface area contributed by atoms with Crippen LogP contribution in [0.15, 0.2) is 36.4 Å². The average Bonchev–Trinajstić information content (AvgIpc) is 2.37. The van der Waals surface area contributed by atoms with Gasteiger partial charge in [0.05, 0.1) is 5.41 Å². The molecule has 2 rings (SSSR count). The molecule has 1 atom stereocenters. The van der Waals surface area contributed by atoms with Gasteiger partial charge in [-0.2, -0.15) is 0 Å². The third-order valence-electron chi connectivity index (χ3n) is 3.71. The Bertz CT molecular complexity index is 632. The molecule has 0 aliphatic rings. The first kappa shape index (κ1) is 13.6. The van der Waals surface area contributed by atoms with Gasteiger partial charge in [0.1, 0.15) is 0 Å². The number of fused-ring (bicyclic) bond motifs is 1. The van der Waals surface area contributed by atoms with Crippen molar-refractivity contribution in [1.82, 2.24) is 0 Å². The molecule has 0 aliphatic carbocycles. The van der Waals surface area contributed by atoms with Gasteiger partial charge in [-0.1, -0.05) is 35.9 Å². The maximum Gasteiger partial charge on any atom is 0.311 e. The lowest BCUT2D eigenvalue weighted by molar-refractivity contribution is -0.148. The second-order valence-electron chi connectivity index (χ2n) is 5.61. The zero-order valence-corrected chi connectivity index (χ0v) is 11.5. The van der Waals surface area contributed by atoms with Crippen molar-refractivity contribution in [2.45, 2.75) is 26.8 Å². The normalized spacial score (nSPS) is 13.5. The van der Waals surface area contributed by atoms with Gasteiger partial charge < -0.3 is 10.8 Å². The largest absolute Gasteiger partial charge is 0.481 e. The van der Waals surface area contributed by atoms with Crippen molar-refractivity contribution in [3.05, 3.63) is 47.5 Å². The van der Waals surface area contributed by atoms with E-state index >= 15 is 0 Å². The summed E-state index contributed by atoms with van der Waals surface area (Å²) in [5, 5.41) is 11.5. The van der Waals surface area contributed by atoms with E-state index in [9.17, 15) is 9.90 Å². The number of carboxylic acids is 1. The fourth-order valence-electron chi connectivity index (χ4n) is 2.13. The van der Waals surface area contributed by atoms with Crippen LogP contribution in [-0.4, -0.2) is 11.1 Å². The Morgan fingerprint density at radius 1 is 1.16 bits per heavy atom. The molecule has 1 unspecified atom stereocenters. The summed E-state index contributed by atoms with van der Waals surface area (Å²) in [6, 6.07) is 11.5. The molecule has 2 aromatic carbocycles. The van der Waals surface area contributed by atoms with E-state index in [-0.39, 0.29) is 0 Å². The van der Waals surface area contributed by atoms with Gasteiger partial charge in [0.25, 0.3) is 0 Å². The highest BCUT2D eigenvalue weighted by atomic mass is 16.4. The van der Waals surface area contributed by atoms with Crippen LogP contribution in [0, 0.1) is 12.3 Å². The van der Waals surface area contributed by atoms with Gasteiger partial charge in [-0.15, -0.1) is 0 Å². The molecule has 0 heterocycles. The number of rotatable bonds is 3. The smallest absolute Gasteiger partial charge is 0.311 e. The monoisotopic (exact) mass is 257 g/mol. The second-order valence-corrected chi connectivity index (χ2v) is 5.61. The van der Waals surface area contributed by atoms with E-state index in [2.05, 4.69) is 6.07 Å². The molecule has 2 aromatic rings. The van der Waals surface area contributed by atoms with Crippen molar-refractivity contribution in [2.24, 2.45) is 11.1 Å². The number of hydrogen-bond acceptors (Lipinski definition) is 2. The zero-order valence-electron chi connectivity index (χ0n) is 11.5. The Balaban J connectivity index is 2.46. The summed E-state index contributed by atoms with van der Waals surface area (Å²) < 4.78 is 0. The van der Waals surface area contributed by atoms with Crippen molar-refractivity contribution in [3.8, 4) is 0 Å². The summed E-state index contributed by atoms with van der Waals surface area (Å²) in [6.45, 7) is 5.35. The highest BCUT2D eigenvalue weighted by Gasteiger charge is 2.35. The molecule has 0 saturated carbocycles. The van der Waals surface area contributed by atoms with Crippen LogP contribution in [-0.2, 0) is 4.79 Å². The SMILES string of the molecule is Cc1ccc2cc(C(N)C(C)(C)C(=O)O)ccc2c1. The van der Waals surface area contributed by atoms with Gasteiger partial charge in [-0.05, 0) is 43.2 Å². The van der Waals surface area contributed by atoms with Crippen LogP contribution in [0.3, 0.4) is 0 Å². The number of aliphatic carboxylic acids is 1. The van der Waals surface area contributed by atoms with E-state index < -0.39 is 17.4 Å². The van der Waals surface area contributed by atoms with E-state index in [1.807, 2.05) is 37.3 Å².